The van der Waals surface area contributed by atoms with Crippen LogP contribution in [0.15, 0.2) is 66.4 Å². The van der Waals surface area contributed by atoms with Crippen LogP contribution in [0.5, 0.6) is 0 Å². The summed E-state index contributed by atoms with van der Waals surface area (Å²) in [6.07, 6.45) is 3.36. The van der Waals surface area contributed by atoms with E-state index in [-0.39, 0.29) is 18.2 Å². The summed E-state index contributed by atoms with van der Waals surface area (Å²) < 4.78 is 1.81. The molecule has 0 aliphatic carbocycles. The second-order valence-corrected chi connectivity index (χ2v) is 6.16. The Balaban J connectivity index is 1.91. The Morgan fingerprint density at radius 3 is 2.56 bits per heavy atom. The number of fused-ring (bicyclic) bond motifs is 1. The van der Waals surface area contributed by atoms with Crippen LogP contribution in [0.2, 0.25) is 0 Å². The fourth-order valence-electron chi connectivity index (χ4n) is 3.00. The lowest BCUT2D eigenvalue weighted by atomic mass is 10.1. The molecule has 5 heteroatoms. The zero-order chi connectivity index (χ0) is 19.2. The van der Waals surface area contributed by atoms with Gasteiger partial charge in [0.25, 0.3) is 5.91 Å². The number of benzene rings is 2. The molecular formula is C22H18N4O. The SMILES string of the molecule is C[C@@H](NC(=O)/C(C#N)=C\c1cn(CC#N)c2ccccc12)c1ccccc1. The molecule has 0 radical (unpaired) electrons. The Hall–Kier alpha value is -3.83. The van der Waals surface area contributed by atoms with Gasteiger partial charge < -0.3 is 9.88 Å². The molecule has 1 heterocycles. The quantitative estimate of drug-likeness (QED) is 0.556. The maximum absolute atomic E-state index is 12.6. The first kappa shape index (κ1) is 18.0. The summed E-state index contributed by atoms with van der Waals surface area (Å²) in [5, 5.41) is 22.2. The Kier molecular flexibility index (Phi) is 5.35. The van der Waals surface area contributed by atoms with Gasteiger partial charge in [0, 0.05) is 22.7 Å². The molecule has 2 aromatic carbocycles. The van der Waals surface area contributed by atoms with Crippen LogP contribution in [0.3, 0.4) is 0 Å². The molecule has 3 rings (SSSR count). The number of para-hydroxylation sites is 1. The lowest BCUT2D eigenvalue weighted by Gasteiger charge is -2.13. The number of amides is 1. The lowest BCUT2D eigenvalue weighted by molar-refractivity contribution is -0.117. The molecule has 0 spiro atoms. The van der Waals surface area contributed by atoms with Crippen molar-refractivity contribution >= 4 is 22.9 Å². The summed E-state index contributed by atoms with van der Waals surface area (Å²) in [5.74, 6) is -0.425. The van der Waals surface area contributed by atoms with Gasteiger partial charge in [0.15, 0.2) is 0 Å². The van der Waals surface area contributed by atoms with Gasteiger partial charge in [0.2, 0.25) is 0 Å². The number of nitrogens with zero attached hydrogens (tertiary/aromatic N) is 3. The van der Waals surface area contributed by atoms with Crippen LogP contribution in [0.25, 0.3) is 17.0 Å². The Bertz CT molecular complexity index is 1080. The van der Waals surface area contributed by atoms with Gasteiger partial charge in [-0.3, -0.25) is 4.79 Å². The van der Waals surface area contributed by atoms with E-state index in [1.165, 1.54) is 0 Å². The fraction of sp³-hybridized carbons (Fsp3) is 0.136. The van der Waals surface area contributed by atoms with Crippen molar-refractivity contribution < 1.29 is 4.79 Å². The van der Waals surface area contributed by atoms with E-state index in [2.05, 4.69) is 11.4 Å². The number of nitrogens with one attached hydrogen (secondary N) is 1. The third kappa shape index (κ3) is 3.89. The van der Waals surface area contributed by atoms with Gasteiger partial charge in [-0.25, -0.2) is 0 Å². The van der Waals surface area contributed by atoms with E-state index in [1.807, 2.05) is 67.6 Å². The molecule has 0 fully saturated rings. The molecular weight excluding hydrogens is 336 g/mol. The first-order valence-corrected chi connectivity index (χ1v) is 8.56. The lowest BCUT2D eigenvalue weighted by Crippen LogP contribution is -2.27. The summed E-state index contributed by atoms with van der Waals surface area (Å²) in [5.41, 5.74) is 2.62. The van der Waals surface area contributed by atoms with E-state index in [0.29, 0.717) is 0 Å². The standard InChI is InChI=1S/C22H18N4O/c1-16(17-7-3-2-4-8-17)25-22(27)18(14-24)13-19-15-26(12-11-23)21-10-6-5-9-20(19)21/h2-10,13,15-16H,12H2,1H3,(H,25,27)/b18-13-/t16-/m1/s1. The van der Waals surface area contributed by atoms with Crippen molar-refractivity contribution in [2.45, 2.75) is 19.5 Å². The highest BCUT2D eigenvalue weighted by Gasteiger charge is 2.15. The van der Waals surface area contributed by atoms with Crippen molar-refractivity contribution in [2.75, 3.05) is 0 Å². The smallest absolute Gasteiger partial charge is 0.262 e. The molecule has 0 bridgehead atoms. The maximum atomic E-state index is 12.6. The zero-order valence-corrected chi connectivity index (χ0v) is 14.9. The maximum Gasteiger partial charge on any atom is 0.262 e. The zero-order valence-electron chi connectivity index (χ0n) is 14.9. The molecule has 0 saturated heterocycles. The van der Waals surface area contributed by atoms with Gasteiger partial charge in [-0.2, -0.15) is 10.5 Å². The van der Waals surface area contributed by atoms with Crippen molar-refractivity contribution in [3.8, 4) is 12.1 Å². The molecule has 1 atom stereocenters. The number of carbonyl (C=O) groups excluding carboxylic acids is 1. The Morgan fingerprint density at radius 2 is 1.85 bits per heavy atom. The molecule has 1 aromatic heterocycles. The molecule has 0 saturated carbocycles. The summed E-state index contributed by atoms with van der Waals surface area (Å²) >= 11 is 0. The van der Waals surface area contributed by atoms with E-state index >= 15 is 0 Å². The van der Waals surface area contributed by atoms with Gasteiger partial charge in [-0.1, -0.05) is 48.5 Å². The Morgan fingerprint density at radius 1 is 1.15 bits per heavy atom. The monoisotopic (exact) mass is 354 g/mol. The van der Waals surface area contributed by atoms with E-state index in [9.17, 15) is 10.1 Å². The van der Waals surface area contributed by atoms with E-state index in [1.54, 1.807) is 16.8 Å². The number of hydrogen-bond acceptors (Lipinski definition) is 3. The van der Waals surface area contributed by atoms with Crippen molar-refractivity contribution in [2.24, 2.45) is 0 Å². The number of hydrogen-bond donors (Lipinski definition) is 1. The molecule has 0 unspecified atom stereocenters. The highest BCUT2D eigenvalue weighted by molar-refractivity contribution is 6.04. The average molecular weight is 354 g/mol. The molecule has 27 heavy (non-hydrogen) atoms. The highest BCUT2D eigenvalue weighted by Crippen LogP contribution is 2.24. The van der Waals surface area contributed by atoms with Gasteiger partial charge in [-0.15, -0.1) is 0 Å². The summed E-state index contributed by atoms with van der Waals surface area (Å²) in [7, 11) is 0. The van der Waals surface area contributed by atoms with Gasteiger partial charge in [-0.05, 0) is 24.6 Å². The van der Waals surface area contributed by atoms with Gasteiger partial charge >= 0.3 is 0 Å². The van der Waals surface area contributed by atoms with Crippen molar-refractivity contribution in [3.05, 3.63) is 77.5 Å². The van der Waals surface area contributed by atoms with Crippen LogP contribution < -0.4 is 5.32 Å². The number of aromatic nitrogens is 1. The predicted molar refractivity (Wildman–Crippen MR) is 104 cm³/mol. The summed E-state index contributed by atoms with van der Waals surface area (Å²) in [6.45, 7) is 2.08. The third-order valence-corrected chi connectivity index (χ3v) is 4.37. The topological polar surface area (TPSA) is 81.6 Å². The molecule has 0 aliphatic rings. The van der Waals surface area contributed by atoms with Crippen molar-refractivity contribution in [1.82, 2.24) is 9.88 Å². The van der Waals surface area contributed by atoms with Crippen LogP contribution in [0.1, 0.15) is 24.1 Å². The predicted octanol–water partition coefficient (Wildman–Crippen LogP) is 3.95. The minimum Gasteiger partial charge on any atom is -0.345 e. The van der Waals surface area contributed by atoms with Crippen LogP contribution in [0, 0.1) is 22.7 Å². The van der Waals surface area contributed by atoms with Crippen molar-refractivity contribution in [1.29, 1.82) is 10.5 Å². The average Bonchev–Trinajstić information content (AvgIpc) is 3.04. The van der Waals surface area contributed by atoms with Gasteiger partial charge in [0.1, 0.15) is 18.2 Å². The first-order valence-electron chi connectivity index (χ1n) is 8.56. The second-order valence-electron chi connectivity index (χ2n) is 6.16. The third-order valence-electron chi connectivity index (χ3n) is 4.37. The van der Waals surface area contributed by atoms with E-state index < -0.39 is 5.91 Å². The minimum atomic E-state index is -0.425. The number of carbonyl (C=O) groups is 1. The summed E-state index contributed by atoms with van der Waals surface area (Å²) in [6, 6.07) is 21.1. The normalized spacial score (nSPS) is 12.2. The first-order chi connectivity index (χ1) is 13.1. The summed E-state index contributed by atoms with van der Waals surface area (Å²) in [4.78, 5) is 12.6. The molecule has 5 nitrogen and oxygen atoms in total. The second kappa shape index (κ2) is 8.03. The van der Waals surface area contributed by atoms with Crippen molar-refractivity contribution in [3.63, 3.8) is 0 Å². The minimum absolute atomic E-state index is 0.0256. The van der Waals surface area contributed by atoms with Gasteiger partial charge in [0.05, 0.1) is 12.1 Å². The van der Waals surface area contributed by atoms with E-state index in [0.717, 1.165) is 22.0 Å². The number of rotatable bonds is 5. The Labute approximate surface area is 157 Å². The van der Waals surface area contributed by atoms with Crippen LogP contribution in [0.4, 0.5) is 0 Å². The van der Waals surface area contributed by atoms with Crippen LogP contribution in [-0.2, 0) is 11.3 Å². The molecule has 3 aromatic rings. The fourth-order valence-corrected chi connectivity index (χ4v) is 3.00. The highest BCUT2D eigenvalue weighted by atomic mass is 16.1. The largest absolute Gasteiger partial charge is 0.345 e. The molecule has 1 N–H and O–H groups in total. The van der Waals surface area contributed by atoms with E-state index in [4.69, 9.17) is 5.26 Å². The van der Waals surface area contributed by atoms with Crippen LogP contribution >= 0.6 is 0 Å². The molecule has 1 amide bonds. The number of nitriles is 2. The molecule has 132 valence electrons. The van der Waals surface area contributed by atoms with Crippen LogP contribution in [-0.4, -0.2) is 10.5 Å². The molecule has 0 aliphatic heterocycles.